The molecule has 2 heterocycles. The van der Waals surface area contributed by atoms with Gasteiger partial charge in [-0.2, -0.15) is 0 Å². The van der Waals surface area contributed by atoms with Gasteiger partial charge >= 0.3 is 0 Å². The first-order valence-electron chi connectivity index (χ1n) is 20.7. The average molecular weight is 780 g/mol. The van der Waals surface area contributed by atoms with Crippen LogP contribution in [-0.4, -0.2) is 0 Å². The Balaban J connectivity index is 1.02. The lowest BCUT2D eigenvalue weighted by atomic mass is 9.94. The second-order valence-corrected chi connectivity index (χ2v) is 15.6. The molecule has 0 aliphatic carbocycles. The van der Waals surface area contributed by atoms with Crippen LogP contribution >= 0.6 is 0 Å². The Bertz CT molecular complexity index is 3600. The van der Waals surface area contributed by atoms with Gasteiger partial charge in [0.05, 0.1) is 5.69 Å². The van der Waals surface area contributed by atoms with E-state index in [1.54, 1.807) is 0 Å². The number of hydrogen-bond donors (Lipinski definition) is 0. The predicted molar refractivity (Wildman–Crippen MR) is 255 cm³/mol. The molecule has 286 valence electrons. The Hall–Kier alpha value is -8.14. The van der Waals surface area contributed by atoms with Crippen LogP contribution in [0.4, 0.5) is 17.1 Å². The first-order valence-corrected chi connectivity index (χ1v) is 20.7. The molecule has 0 bridgehead atoms. The van der Waals surface area contributed by atoms with E-state index in [0.29, 0.717) is 0 Å². The smallest absolute Gasteiger partial charge is 0.143 e. The fraction of sp³-hybridized carbons (Fsp3) is 0. The molecule has 0 amide bonds. The zero-order valence-corrected chi connectivity index (χ0v) is 33.1. The van der Waals surface area contributed by atoms with Gasteiger partial charge in [0, 0.05) is 44.0 Å². The van der Waals surface area contributed by atoms with Crippen LogP contribution in [-0.2, 0) is 0 Å². The lowest BCUT2D eigenvalue weighted by Crippen LogP contribution is -2.11. The van der Waals surface area contributed by atoms with E-state index < -0.39 is 0 Å². The molecule has 0 spiro atoms. The second-order valence-electron chi connectivity index (χ2n) is 15.6. The molecule has 0 aliphatic heterocycles. The minimum Gasteiger partial charge on any atom is -0.456 e. The third kappa shape index (κ3) is 5.90. The molecule has 3 heteroatoms. The molecule has 12 aromatic rings. The Labute approximate surface area is 353 Å². The van der Waals surface area contributed by atoms with Crippen molar-refractivity contribution in [2.45, 2.75) is 0 Å². The van der Waals surface area contributed by atoms with Gasteiger partial charge in [0.15, 0.2) is 0 Å². The van der Waals surface area contributed by atoms with E-state index in [9.17, 15) is 0 Å². The molecule has 2 aromatic heterocycles. The van der Waals surface area contributed by atoms with E-state index in [1.807, 2.05) is 24.3 Å². The van der Waals surface area contributed by atoms with Crippen molar-refractivity contribution < 1.29 is 8.83 Å². The largest absolute Gasteiger partial charge is 0.456 e. The quantitative estimate of drug-likeness (QED) is 0.161. The lowest BCUT2D eigenvalue weighted by molar-refractivity contribution is 0.669. The van der Waals surface area contributed by atoms with Gasteiger partial charge in [-0.15, -0.1) is 0 Å². The average Bonchev–Trinajstić information content (AvgIpc) is 3.91. The maximum Gasteiger partial charge on any atom is 0.143 e. The first-order chi connectivity index (χ1) is 30.2. The standard InChI is InChI=1S/C58H37NO2/c1-2-20-45-38(14-1)15-11-24-46(45)42-18-9-16-40(36-42)41-17-10-19-44(37-41)59(43-34-32-39(33-35-43)47-25-12-27-51-49-22-4-7-29-54(49)61-58(47)51)53-28-6-3-21-48(53)50-26-13-31-56-57(50)52-23-5-8-30-55(52)60-56/h1-37H. The van der Waals surface area contributed by atoms with Crippen molar-refractivity contribution in [3.63, 3.8) is 0 Å². The molecule has 0 N–H and O–H groups in total. The van der Waals surface area contributed by atoms with Crippen molar-refractivity contribution in [3.05, 3.63) is 224 Å². The summed E-state index contributed by atoms with van der Waals surface area (Å²) in [6, 6.07) is 80.0. The number of furan rings is 2. The number of hydrogen-bond acceptors (Lipinski definition) is 3. The third-order valence-electron chi connectivity index (χ3n) is 12.1. The van der Waals surface area contributed by atoms with Gasteiger partial charge in [0.25, 0.3) is 0 Å². The van der Waals surface area contributed by atoms with Gasteiger partial charge in [-0.25, -0.2) is 0 Å². The van der Waals surface area contributed by atoms with Crippen LogP contribution in [0, 0.1) is 0 Å². The Morgan fingerprint density at radius 2 is 0.869 bits per heavy atom. The molecule has 12 rings (SSSR count). The van der Waals surface area contributed by atoms with Gasteiger partial charge in [-0.3, -0.25) is 0 Å². The summed E-state index contributed by atoms with van der Waals surface area (Å²) in [7, 11) is 0. The van der Waals surface area contributed by atoms with Crippen molar-refractivity contribution >= 4 is 71.7 Å². The minimum absolute atomic E-state index is 0.872. The van der Waals surface area contributed by atoms with Crippen LogP contribution < -0.4 is 4.90 Å². The highest BCUT2D eigenvalue weighted by Gasteiger charge is 2.21. The SMILES string of the molecule is c1cc(-c2cccc(N(c3ccc(-c4cccc5c4oc4ccccc45)cc3)c3ccccc3-c3cccc4oc5ccccc5c34)c2)cc(-c2cccc3ccccc23)c1. The van der Waals surface area contributed by atoms with Gasteiger partial charge in [0.1, 0.15) is 22.3 Å². The zero-order valence-electron chi connectivity index (χ0n) is 33.1. The Kier molecular flexibility index (Phi) is 8.17. The van der Waals surface area contributed by atoms with Crippen molar-refractivity contribution in [1.82, 2.24) is 0 Å². The van der Waals surface area contributed by atoms with Crippen LogP contribution in [0.15, 0.2) is 233 Å². The summed E-state index contributed by atoms with van der Waals surface area (Å²) in [5, 5.41) is 6.95. The molecule has 0 radical (unpaired) electrons. The minimum atomic E-state index is 0.872. The van der Waals surface area contributed by atoms with Crippen LogP contribution in [0.25, 0.3) is 99.2 Å². The number of rotatable bonds is 7. The number of benzene rings is 10. The van der Waals surface area contributed by atoms with Gasteiger partial charge in [0.2, 0.25) is 0 Å². The molecule has 10 aromatic carbocycles. The van der Waals surface area contributed by atoms with Crippen LogP contribution in [0.5, 0.6) is 0 Å². The van der Waals surface area contributed by atoms with Crippen molar-refractivity contribution in [1.29, 1.82) is 0 Å². The molecule has 0 unspecified atom stereocenters. The highest BCUT2D eigenvalue weighted by Crippen LogP contribution is 2.46. The summed E-state index contributed by atoms with van der Waals surface area (Å²) in [6.07, 6.45) is 0. The number of anilines is 3. The van der Waals surface area contributed by atoms with Crippen molar-refractivity contribution in [2.75, 3.05) is 4.90 Å². The maximum atomic E-state index is 6.47. The van der Waals surface area contributed by atoms with Crippen LogP contribution in [0.3, 0.4) is 0 Å². The molecular formula is C58H37NO2. The van der Waals surface area contributed by atoms with E-state index >= 15 is 0 Å². The normalized spacial score (nSPS) is 11.6. The summed E-state index contributed by atoms with van der Waals surface area (Å²) in [5.41, 5.74) is 15.8. The molecule has 0 saturated carbocycles. The summed E-state index contributed by atoms with van der Waals surface area (Å²) < 4.78 is 12.9. The maximum absolute atomic E-state index is 6.47. The fourth-order valence-corrected chi connectivity index (χ4v) is 9.26. The lowest BCUT2D eigenvalue weighted by Gasteiger charge is -2.28. The molecule has 0 fully saturated rings. The van der Waals surface area contributed by atoms with E-state index in [-0.39, 0.29) is 0 Å². The number of nitrogens with zero attached hydrogens (tertiary/aromatic N) is 1. The Morgan fingerprint density at radius 1 is 0.295 bits per heavy atom. The van der Waals surface area contributed by atoms with Crippen LogP contribution in [0.2, 0.25) is 0 Å². The predicted octanol–water partition coefficient (Wildman–Crippen LogP) is 16.8. The van der Waals surface area contributed by atoms with Gasteiger partial charge in [-0.05, 0) is 98.8 Å². The molecule has 0 aliphatic rings. The third-order valence-corrected chi connectivity index (χ3v) is 12.1. The zero-order chi connectivity index (χ0) is 40.3. The topological polar surface area (TPSA) is 29.5 Å². The molecule has 61 heavy (non-hydrogen) atoms. The summed E-state index contributed by atoms with van der Waals surface area (Å²) in [6.45, 7) is 0. The highest BCUT2D eigenvalue weighted by atomic mass is 16.3. The van der Waals surface area contributed by atoms with E-state index in [1.165, 1.54) is 21.9 Å². The van der Waals surface area contributed by atoms with E-state index in [0.717, 1.165) is 94.3 Å². The second kappa shape index (κ2) is 14.3. The van der Waals surface area contributed by atoms with Crippen LogP contribution in [0.1, 0.15) is 0 Å². The van der Waals surface area contributed by atoms with Gasteiger partial charge < -0.3 is 13.7 Å². The van der Waals surface area contributed by atoms with Gasteiger partial charge in [-0.1, -0.05) is 170 Å². The number of para-hydroxylation sites is 4. The summed E-state index contributed by atoms with van der Waals surface area (Å²) >= 11 is 0. The fourth-order valence-electron chi connectivity index (χ4n) is 9.26. The van der Waals surface area contributed by atoms with E-state index in [2.05, 4.69) is 205 Å². The molecule has 0 atom stereocenters. The molecular weight excluding hydrogens is 743 g/mol. The summed E-state index contributed by atoms with van der Waals surface area (Å²) in [5.74, 6) is 0. The van der Waals surface area contributed by atoms with Crippen molar-refractivity contribution in [3.8, 4) is 44.5 Å². The molecule has 3 nitrogen and oxygen atoms in total. The number of fused-ring (bicyclic) bond motifs is 7. The summed E-state index contributed by atoms with van der Waals surface area (Å²) in [4.78, 5) is 2.39. The highest BCUT2D eigenvalue weighted by molar-refractivity contribution is 6.14. The monoisotopic (exact) mass is 779 g/mol. The van der Waals surface area contributed by atoms with E-state index in [4.69, 9.17) is 8.83 Å². The van der Waals surface area contributed by atoms with Crippen molar-refractivity contribution in [2.24, 2.45) is 0 Å². The molecule has 0 saturated heterocycles. The Morgan fingerprint density at radius 3 is 1.75 bits per heavy atom. The first kappa shape index (κ1) is 34.9.